The van der Waals surface area contributed by atoms with Crippen LogP contribution in [0.1, 0.15) is 65.7 Å². The zero-order valence-electron chi connectivity index (χ0n) is 15.1. The minimum absolute atomic E-state index is 0. The fraction of sp³-hybridized carbons (Fsp3) is 0.944. The van der Waals surface area contributed by atoms with Gasteiger partial charge in [-0.3, -0.25) is 6.29 Å². The molecule has 2 aliphatic rings. The number of hydrogen-bond acceptors (Lipinski definition) is 3. The molecule has 0 N–H and O–H groups in total. The molecule has 3 nitrogen and oxygen atoms in total. The molecule has 1 spiro atoms. The van der Waals surface area contributed by atoms with Crippen molar-refractivity contribution in [3.63, 3.8) is 0 Å². The molecule has 0 bridgehead atoms. The molecular weight excluding hydrogens is 349 g/mol. The summed E-state index contributed by atoms with van der Waals surface area (Å²) in [5.41, 5.74) is 0.650. The molecule has 127 valence electrons. The van der Waals surface area contributed by atoms with E-state index < -0.39 is 0 Å². The van der Waals surface area contributed by atoms with E-state index in [1.807, 2.05) is 20.1 Å². The van der Waals surface area contributed by atoms with Crippen LogP contribution in [-0.2, 0) is 37.5 Å². The van der Waals surface area contributed by atoms with Crippen molar-refractivity contribution in [2.45, 2.75) is 65.7 Å². The zero-order chi connectivity index (χ0) is 15.6. The van der Waals surface area contributed by atoms with Crippen molar-refractivity contribution in [1.82, 2.24) is 9.80 Å². The van der Waals surface area contributed by atoms with Gasteiger partial charge in [0.15, 0.2) is 0 Å². The summed E-state index contributed by atoms with van der Waals surface area (Å²) < 4.78 is 0. The summed E-state index contributed by atoms with van der Waals surface area (Å²) in [6, 6.07) is 0. The second-order valence-electron chi connectivity index (χ2n) is 6.43. The summed E-state index contributed by atoms with van der Waals surface area (Å²) in [6.45, 7) is 13.8. The maximum atomic E-state index is 10.2. The number of rotatable bonds is 6. The van der Waals surface area contributed by atoms with Gasteiger partial charge in [-0.1, -0.05) is 27.2 Å². The first-order chi connectivity index (χ1) is 10.3. The average Bonchev–Trinajstić information content (AvgIpc) is 2.54. The summed E-state index contributed by atoms with van der Waals surface area (Å²) in [6.07, 6.45) is 10.4. The standard InChI is InChI=1S/C16H29N2O.C2H6.Y/c1-2-9-17-11-5-16(6-12-17)7-13-18(14-8-16)10-3-4-15-19;1-2;/h2-14H2,1H3;1-2H3;/q-1;;. The normalized spacial score (nSPS) is 21.6. The summed E-state index contributed by atoms with van der Waals surface area (Å²) in [5.74, 6) is 0. The monoisotopic (exact) mass is 384 g/mol. The molecule has 2 saturated heterocycles. The molecule has 0 aromatic heterocycles. The molecule has 0 atom stereocenters. The topological polar surface area (TPSA) is 23.6 Å². The Morgan fingerprint density at radius 2 is 1.36 bits per heavy atom. The van der Waals surface area contributed by atoms with Crippen molar-refractivity contribution >= 4 is 6.29 Å². The molecule has 2 fully saturated rings. The fourth-order valence-corrected chi connectivity index (χ4v) is 3.69. The molecule has 0 unspecified atom stereocenters. The van der Waals surface area contributed by atoms with Crippen molar-refractivity contribution in [1.29, 1.82) is 0 Å². The number of unbranched alkanes of at least 4 members (excludes halogenated alkanes) is 1. The second kappa shape index (κ2) is 13.0. The van der Waals surface area contributed by atoms with Crippen molar-refractivity contribution in [2.24, 2.45) is 5.41 Å². The Kier molecular flexibility index (Phi) is 13.4. The molecule has 0 saturated carbocycles. The van der Waals surface area contributed by atoms with Crippen molar-refractivity contribution in [2.75, 3.05) is 39.3 Å². The number of piperidine rings is 2. The van der Waals surface area contributed by atoms with E-state index in [9.17, 15) is 4.79 Å². The zero-order valence-corrected chi connectivity index (χ0v) is 17.9. The van der Waals surface area contributed by atoms with Gasteiger partial charge in [-0.25, -0.2) is 0 Å². The quantitative estimate of drug-likeness (QED) is 0.517. The maximum Gasteiger partial charge on any atom is 0 e. The third-order valence-electron chi connectivity index (χ3n) is 5.13. The van der Waals surface area contributed by atoms with E-state index in [0.717, 1.165) is 13.0 Å². The average molecular weight is 384 g/mol. The van der Waals surface area contributed by atoms with Crippen molar-refractivity contribution in [3.05, 3.63) is 0 Å². The molecule has 1 radical (unpaired) electrons. The number of nitrogens with zero attached hydrogens (tertiary/aromatic N) is 2. The van der Waals surface area contributed by atoms with E-state index in [1.165, 1.54) is 64.8 Å². The molecule has 4 heteroatoms. The van der Waals surface area contributed by atoms with Crippen molar-refractivity contribution in [3.8, 4) is 0 Å². The Morgan fingerprint density at radius 1 is 0.909 bits per heavy atom. The van der Waals surface area contributed by atoms with Crippen LogP contribution < -0.4 is 0 Å². The van der Waals surface area contributed by atoms with Crippen LogP contribution in [0.2, 0.25) is 0 Å². The predicted molar refractivity (Wildman–Crippen MR) is 90.3 cm³/mol. The Morgan fingerprint density at radius 3 is 1.77 bits per heavy atom. The predicted octanol–water partition coefficient (Wildman–Crippen LogP) is 3.49. The minimum Gasteiger partial charge on any atom is -0.542 e. The van der Waals surface area contributed by atoms with Gasteiger partial charge >= 0.3 is 0 Å². The molecule has 2 rings (SSSR count). The minimum atomic E-state index is 0. The summed E-state index contributed by atoms with van der Waals surface area (Å²) >= 11 is 0. The number of likely N-dealkylation sites (tertiary alicyclic amines) is 2. The van der Waals surface area contributed by atoms with Crippen LogP contribution in [-0.4, -0.2) is 55.4 Å². The van der Waals surface area contributed by atoms with Gasteiger partial charge in [-0.05, 0) is 76.8 Å². The first-order valence-corrected chi connectivity index (χ1v) is 9.08. The van der Waals surface area contributed by atoms with Crippen LogP contribution in [0.15, 0.2) is 0 Å². The van der Waals surface area contributed by atoms with Gasteiger partial charge < -0.3 is 14.6 Å². The van der Waals surface area contributed by atoms with Crippen LogP contribution in [0.5, 0.6) is 0 Å². The van der Waals surface area contributed by atoms with Gasteiger partial charge in [0.1, 0.15) is 0 Å². The Bertz CT molecular complexity index is 268. The molecule has 0 aromatic carbocycles. The SMILES string of the molecule is CC.CCCN1CCC2(CC1)CCN(CCC[C-]=O)CC2.[Y]. The molecule has 22 heavy (non-hydrogen) atoms. The van der Waals surface area contributed by atoms with Crippen LogP contribution in [0.3, 0.4) is 0 Å². The fourth-order valence-electron chi connectivity index (χ4n) is 3.69. The maximum absolute atomic E-state index is 10.2. The number of carbonyl (C=O) groups excluding carboxylic acids is 1. The largest absolute Gasteiger partial charge is 0.542 e. The molecule has 0 amide bonds. The van der Waals surface area contributed by atoms with Gasteiger partial charge in [0.2, 0.25) is 0 Å². The summed E-state index contributed by atoms with van der Waals surface area (Å²) in [4.78, 5) is 15.4. The Hall–Kier alpha value is 0.694. The van der Waals surface area contributed by atoms with E-state index in [0.29, 0.717) is 11.8 Å². The molecule has 2 heterocycles. The first kappa shape index (κ1) is 22.7. The van der Waals surface area contributed by atoms with Crippen molar-refractivity contribution < 1.29 is 37.5 Å². The van der Waals surface area contributed by atoms with Crippen LogP contribution in [0, 0.1) is 5.41 Å². The Balaban J connectivity index is 0.00000141. The van der Waals surface area contributed by atoms with Crippen LogP contribution in [0.4, 0.5) is 0 Å². The van der Waals surface area contributed by atoms with Crippen LogP contribution in [0.25, 0.3) is 0 Å². The smallest absolute Gasteiger partial charge is 0 e. The van der Waals surface area contributed by atoms with Gasteiger partial charge in [0.25, 0.3) is 0 Å². The van der Waals surface area contributed by atoms with E-state index in [2.05, 4.69) is 16.7 Å². The first-order valence-electron chi connectivity index (χ1n) is 9.08. The second-order valence-corrected chi connectivity index (χ2v) is 6.43. The summed E-state index contributed by atoms with van der Waals surface area (Å²) in [7, 11) is 0. The third-order valence-corrected chi connectivity index (χ3v) is 5.13. The van der Waals surface area contributed by atoms with Gasteiger partial charge in [0.05, 0.1) is 0 Å². The van der Waals surface area contributed by atoms with Gasteiger partial charge in [-0.2, -0.15) is 6.42 Å². The van der Waals surface area contributed by atoms with E-state index in [-0.39, 0.29) is 32.7 Å². The Labute approximate surface area is 163 Å². The van der Waals surface area contributed by atoms with E-state index in [4.69, 9.17) is 0 Å². The van der Waals surface area contributed by atoms with E-state index in [1.54, 1.807) is 0 Å². The van der Waals surface area contributed by atoms with Gasteiger partial charge in [-0.15, -0.1) is 0 Å². The van der Waals surface area contributed by atoms with E-state index >= 15 is 0 Å². The molecular formula is C18H35N2OY-. The third kappa shape index (κ3) is 7.51. The van der Waals surface area contributed by atoms with Crippen LogP contribution >= 0.6 is 0 Å². The molecule has 0 aromatic rings. The summed E-state index contributed by atoms with van der Waals surface area (Å²) in [5, 5.41) is 0. The number of hydrogen-bond donors (Lipinski definition) is 0. The molecule has 2 aliphatic heterocycles. The molecule has 0 aliphatic carbocycles. The van der Waals surface area contributed by atoms with Gasteiger partial charge in [0, 0.05) is 32.7 Å².